The number of rotatable bonds is 6. The maximum absolute atomic E-state index is 11.6. The molecule has 5 nitrogen and oxygen atoms in total. The van der Waals surface area contributed by atoms with Crippen LogP contribution in [0.1, 0.15) is 31.2 Å². The van der Waals surface area contributed by atoms with Gasteiger partial charge in [-0.25, -0.2) is 0 Å². The largest absolute Gasteiger partial charge is 0.356 e. The smallest absolute Gasteiger partial charge is 0.223 e. The molecule has 0 heterocycles. The molecule has 23 heavy (non-hydrogen) atoms. The second-order valence-electron chi connectivity index (χ2n) is 6.39. The van der Waals surface area contributed by atoms with Crippen LogP contribution in [0.15, 0.2) is 35.3 Å². The standard InChI is InChI=1S/C18H28N4O/c1-19-17(20-13-10-16(23)22(2)3)21-14-18(11-7-12-18)15-8-5-4-6-9-15/h4-6,8-9H,7,10-14H2,1-3H3,(H2,19,20,21). The summed E-state index contributed by atoms with van der Waals surface area (Å²) in [5.41, 5.74) is 1.62. The van der Waals surface area contributed by atoms with Gasteiger partial charge in [-0.05, 0) is 18.4 Å². The van der Waals surface area contributed by atoms with E-state index in [0.717, 1.165) is 12.5 Å². The van der Waals surface area contributed by atoms with Crippen LogP contribution < -0.4 is 10.6 Å². The fourth-order valence-electron chi connectivity index (χ4n) is 2.95. The molecule has 1 saturated carbocycles. The van der Waals surface area contributed by atoms with E-state index in [9.17, 15) is 4.79 Å². The van der Waals surface area contributed by atoms with Crippen LogP contribution in [0.25, 0.3) is 0 Å². The average Bonchev–Trinajstić information content (AvgIpc) is 2.52. The Morgan fingerprint density at radius 3 is 2.43 bits per heavy atom. The maximum Gasteiger partial charge on any atom is 0.223 e. The van der Waals surface area contributed by atoms with Crippen molar-refractivity contribution < 1.29 is 4.79 Å². The summed E-state index contributed by atoms with van der Waals surface area (Å²) in [6.07, 6.45) is 4.16. The van der Waals surface area contributed by atoms with Gasteiger partial charge in [0, 0.05) is 46.1 Å². The van der Waals surface area contributed by atoms with Gasteiger partial charge in [-0.15, -0.1) is 0 Å². The topological polar surface area (TPSA) is 56.7 Å². The molecule has 126 valence electrons. The van der Waals surface area contributed by atoms with E-state index in [1.54, 1.807) is 26.0 Å². The number of hydrogen-bond donors (Lipinski definition) is 2. The summed E-state index contributed by atoms with van der Waals surface area (Å²) in [6, 6.07) is 10.7. The van der Waals surface area contributed by atoms with Crippen molar-refractivity contribution in [3.63, 3.8) is 0 Å². The minimum absolute atomic E-state index is 0.118. The van der Waals surface area contributed by atoms with Crippen LogP contribution in [0.5, 0.6) is 0 Å². The third-order valence-electron chi connectivity index (χ3n) is 4.64. The summed E-state index contributed by atoms with van der Waals surface area (Å²) >= 11 is 0. The lowest BCUT2D eigenvalue weighted by Crippen LogP contribution is -2.49. The molecule has 0 aromatic heterocycles. The number of amides is 1. The van der Waals surface area contributed by atoms with Gasteiger partial charge < -0.3 is 15.5 Å². The Labute approximate surface area is 139 Å². The van der Waals surface area contributed by atoms with Crippen molar-refractivity contribution >= 4 is 11.9 Å². The second-order valence-corrected chi connectivity index (χ2v) is 6.39. The Kier molecular flexibility index (Phi) is 6.02. The SMILES string of the molecule is CN=C(NCCC(=O)N(C)C)NCC1(c2ccccc2)CCC1. The van der Waals surface area contributed by atoms with Crippen LogP contribution in [0, 0.1) is 0 Å². The summed E-state index contributed by atoms with van der Waals surface area (Å²) in [6.45, 7) is 1.47. The quantitative estimate of drug-likeness (QED) is 0.621. The van der Waals surface area contributed by atoms with E-state index in [2.05, 4.69) is 46.0 Å². The van der Waals surface area contributed by atoms with Crippen molar-refractivity contribution in [2.24, 2.45) is 4.99 Å². The highest BCUT2D eigenvalue weighted by atomic mass is 16.2. The minimum Gasteiger partial charge on any atom is -0.356 e. The Balaban J connectivity index is 1.84. The summed E-state index contributed by atoms with van der Waals surface area (Å²) in [4.78, 5) is 17.5. The third-order valence-corrected chi connectivity index (χ3v) is 4.64. The number of nitrogens with zero attached hydrogens (tertiary/aromatic N) is 2. The first kappa shape index (κ1) is 17.3. The highest BCUT2D eigenvalue weighted by Gasteiger charge is 2.38. The fraction of sp³-hybridized carbons (Fsp3) is 0.556. The zero-order valence-electron chi connectivity index (χ0n) is 14.4. The zero-order chi connectivity index (χ0) is 16.7. The van der Waals surface area contributed by atoms with Crippen LogP contribution in [0.4, 0.5) is 0 Å². The van der Waals surface area contributed by atoms with Gasteiger partial charge in [0.05, 0.1) is 0 Å². The minimum atomic E-state index is 0.118. The Hall–Kier alpha value is -2.04. The lowest BCUT2D eigenvalue weighted by molar-refractivity contribution is -0.128. The molecule has 0 unspecified atom stereocenters. The molecule has 1 fully saturated rings. The van der Waals surface area contributed by atoms with E-state index in [-0.39, 0.29) is 11.3 Å². The third kappa shape index (κ3) is 4.47. The van der Waals surface area contributed by atoms with E-state index in [1.807, 2.05) is 0 Å². The van der Waals surface area contributed by atoms with Gasteiger partial charge in [0.15, 0.2) is 5.96 Å². The molecule has 1 aromatic carbocycles. The van der Waals surface area contributed by atoms with Gasteiger partial charge in [0.2, 0.25) is 5.91 Å². The molecule has 0 aliphatic heterocycles. The Morgan fingerprint density at radius 2 is 1.91 bits per heavy atom. The first-order valence-electron chi connectivity index (χ1n) is 8.27. The first-order chi connectivity index (χ1) is 11.1. The molecule has 1 aliphatic rings. The molecular formula is C18H28N4O. The van der Waals surface area contributed by atoms with Crippen molar-refractivity contribution in [3.05, 3.63) is 35.9 Å². The molecule has 2 N–H and O–H groups in total. The molecule has 1 aromatic rings. The van der Waals surface area contributed by atoms with E-state index >= 15 is 0 Å². The Bertz CT molecular complexity index is 535. The van der Waals surface area contributed by atoms with Gasteiger partial charge in [0.25, 0.3) is 0 Å². The van der Waals surface area contributed by atoms with Gasteiger partial charge in [0.1, 0.15) is 0 Å². The molecule has 1 aliphatic carbocycles. The van der Waals surface area contributed by atoms with Crippen molar-refractivity contribution in [1.82, 2.24) is 15.5 Å². The molecule has 0 radical (unpaired) electrons. The highest BCUT2D eigenvalue weighted by Crippen LogP contribution is 2.43. The number of carbonyl (C=O) groups excluding carboxylic acids is 1. The lowest BCUT2D eigenvalue weighted by Gasteiger charge is -2.43. The van der Waals surface area contributed by atoms with Crippen LogP contribution >= 0.6 is 0 Å². The molecule has 5 heteroatoms. The predicted molar refractivity (Wildman–Crippen MR) is 94.6 cm³/mol. The van der Waals surface area contributed by atoms with E-state index in [4.69, 9.17) is 0 Å². The summed E-state index contributed by atoms with van der Waals surface area (Å²) in [5, 5.41) is 6.65. The summed E-state index contributed by atoms with van der Waals surface area (Å²) in [5.74, 6) is 0.881. The number of aliphatic imine (C=N–C) groups is 1. The normalized spacial score (nSPS) is 16.4. The van der Waals surface area contributed by atoms with Gasteiger partial charge in [-0.1, -0.05) is 36.8 Å². The molecule has 1 amide bonds. The van der Waals surface area contributed by atoms with Crippen molar-refractivity contribution in [1.29, 1.82) is 0 Å². The van der Waals surface area contributed by atoms with Gasteiger partial charge in [-0.3, -0.25) is 9.79 Å². The maximum atomic E-state index is 11.6. The van der Waals surface area contributed by atoms with Gasteiger partial charge >= 0.3 is 0 Å². The van der Waals surface area contributed by atoms with Crippen LogP contribution in [-0.2, 0) is 10.2 Å². The summed E-state index contributed by atoms with van der Waals surface area (Å²) < 4.78 is 0. The van der Waals surface area contributed by atoms with E-state index < -0.39 is 0 Å². The van der Waals surface area contributed by atoms with E-state index in [1.165, 1.54) is 24.8 Å². The van der Waals surface area contributed by atoms with Gasteiger partial charge in [-0.2, -0.15) is 0 Å². The van der Waals surface area contributed by atoms with Crippen molar-refractivity contribution in [2.75, 3.05) is 34.2 Å². The van der Waals surface area contributed by atoms with Crippen molar-refractivity contribution in [2.45, 2.75) is 31.1 Å². The van der Waals surface area contributed by atoms with Crippen molar-refractivity contribution in [3.8, 4) is 0 Å². The number of carbonyl (C=O) groups is 1. The molecular weight excluding hydrogens is 288 g/mol. The zero-order valence-corrected chi connectivity index (χ0v) is 14.4. The highest BCUT2D eigenvalue weighted by molar-refractivity contribution is 5.81. The van der Waals surface area contributed by atoms with Crippen LogP contribution in [0.3, 0.4) is 0 Å². The second kappa shape index (κ2) is 7.99. The summed E-state index contributed by atoms with van der Waals surface area (Å²) in [7, 11) is 5.31. The molecule has 0 saturated heterocycles. The van der Waals surface area contributed by atoms with Crippen LogP contribution in [0.2, 0.25) is 0 Å². The number of hydrogen-bond acceptors (Lipinski definition) is 2. The lowest BCUT2D eigenvalue weighted by atomic mass is 9.64. The number of nitrogens with one attached hydrogen (secondary N) is 2. The van der Waals surface area contributed by atoms with E-state index in [0.29, 0.717) is 13.0 Å². The fourth-order valence-corrected chi connectivity index (χ4v) is 2.95. The number of benzene rings is 1. The molecule has 0 bridgehead atoms. The number of guanidine groups is 1. The average molecular weight is 316 g/mol. The van der Waals surface area contributed by atoms with Crippen LogP contribution in [-0.4, -0.2) is 51.0 Å². The monoisotopic (exact) mass is 316 g/mol. The molecule has 0 spiro atoms. The first-order valence-corrected chi connectivity index (χ1v) is 8.27. The molecule has 0 atom stereocenters. The Morgan fingerprint density at radius 1 is 1.22 bits per heavy atom. The predicted octanol–water partition coefficient (Wildman–Crippen LogP) is 1.75. The molecule has 2 rings (SSSR count).